The third kappa shape index (κ3) is 2.38. The molecule has 0 aromatic carbocycles. The fourth-order valence-electron chi connectivity index (χ4n) is 2.09. The predicted molar refractivity (Wildman–Crippen MR) is 62.2 cm³/mol. The quantitative estimate of drug-likeness (QED) is 0.820. The average Bonchev–Trinajstić information content (AvgIpc) is 2.88. The predicted octanol–water partition coefficient (Wildman–Crippen LogP) is 1.76. The molecule has 5 heteroatoms. The molecule has 1 N–H and O–H groups in total. The number of hydrogen-bond acceptors (Lipinski definition) is 2. The number of amides is 1. The highest BCUT2D eigenvalue weighted by molar-refractivity contribution is 6.30. The Balaban J connectivity index is 1.96. The van der Waals surface area contributed by atoms with E-state index in [0.29, 0.717) is 6.04 Å². The van der Waals surface area contributed by atoms with Crippen molar-refractivity contribution in [1.29, 1.82) is 0 Å². The number of nitrogens with zero attached hydrogens (tertiary/aromatic N) is 2. The fraction of sp³-hybridized carbons (Fsp3) is 0.636. The number of alkyl halides is 1. The second kappa shape index (κ2) is 4.87. The Bertz CT molecular complexity index is 371. The van der Waals surface area contributed by atoms with Crippen LogP contribution in [0.2, 0.25) is 0 Å². The number of carbonyl (C=O) groups is 1. The second-order valence-electron chi connectivity index (χ2n) is 4.28. The molecule has 1 fully saturated rings. The molecular weight excluding hydrogens is 226 g/mol. The van der Waals surface area contributed by atoms with E-state index in [1.54, 1.807) is 17.1 Å². The van der Waals surface area contributed by atoms with Crippen molar-refractivity contribution >= 4 is 17.5 Å². The molecule has 0 radical (unpaired) electrons. The summed E-state index contributed by atoms with van der Waals surface area (Å²) in [6.45, 7) is 0. The van der Waals surface area contributed by atoms with Crippen molar-refractivity contribution < 1.29 is 4.79 Å². The lowest BCUT2D eigenvalue weighted by Gasteiger charge is -2.15. The zero-order chi connectivity index (χ0) is 11.5. The van der Waals surface area contributed by atoms with Gasteiger partial charge in [0.25, 0.3) is 0 Å². The van der Waals surface area contributed by atoms with Crippen LogP contribution in [-0.2, 0) is 11.8 Å². The number of rotatable bonds is 3. The molecule has 1 aliphatic rings. The van der Waals surface area contributed by atoms with Gasteiger partial charge in [0, 0.05) is 13.1 Å². The molecule has 88 valence electrons. The summed E-state index contributed by atoms with van der Waals surface area (Å²) in [7, 11) is 1.83. The zero-order valence-corrected chi connectivity index (χ0v) is 10.1. The normalized spacial score (nSPS) is 18.6. The van der Waals surface area contributed by atoms with Gasteiger partial charge in [-0.15, -0.1) is 11.6 Å². The molecular formula is C11H16ClN3O. The van der Waals surface area contributed by atoms with Gasteiger partial charge in [0.1, 0.15) is 0 Å². The monoisotopic (exact) mass is 241 g/mol. The Kier molecular flexibility index (Phi) is 3.49. The van der Waals surface area contributed by atoms with E-state index in [-0.39, 0.29) is 5.91 Å². The lowest BCUT2D eigenvalue weighted by atomic mass is 10.2. The van der Waals surface area contributed by atoms with Crippen molar-refractivity contribution in [3.63, 3.8) is 0 Å². The van der Waals surface area contributed by atoms with Crippen LogP contribution in [0.5, 0.6) is 0 Å². The third-order valence-corrected chi connectivity index (χ3v) is 3.47. The van der Waals surface area contributed by atoms with Crippen molar-refractivity contribution in [3.05, 3.63) is 18.2 Å². The maximum Gasteiger partial charge on any atom is 0.244 e. The summed E-state index contributed by atoms with van der Waals surface area (Å²) >= 11 is 6.11. The van der Waals surface area contributed by atoms with Gasteiger partial charge >= 0.3 is 0 Å². The van der Waals surface area contributed by atoms with E-state index in [0.717, 1.165) is 18.5 Å². The van der Waals surface area contributed by atoms with E-state index >= 15 is 0 Å². The molecule has 1 aromatic heterocycles. The Labute approximate surface area is 100.0 Å². The van der Waals surface area contributed by atoms with Crippen LogP contribution in [-0.4, -0.2) is 21.5 Å². The number of hydrogen-bond donors (Lipinski definition) is 1. The van der Waals surface area contributed by atoms with Gasteiger partial charge in [-0.1, -0.05) is 12.8 Å². The SMILES string of the molecule is Cn1cncc1C(Cl)C(=O)NC1CCCC1. The molecule has 0 spiro atoms. The first-order valence-electron chi connectivity index (χ1n) is 5.59. The van der Waals surface area contributed by atoms with Gasteiger partial charge in [-0.25, -0.2) is 4.98 Å². The maximum absolute atomic E-state index is 11.9. The van der Waals surface area contributed by atoms with E-state index in [1.165, 1.54) is 12.8 Å². The van der Waals surface area contributed by atoms with Gasteiger partial charge in [0.15, 0.2) is 5.38 Å². The lowest BCUT2D eigenvalue weighted by molar-refractivity contribution is -0.121. The van der Waals surface area contributed by atoms with Crippen LogP contribution in [0.25, 0.3) is 0 Å². The van der Waals surface area contributed by atoms with Crippen LogP contribution < -0.4 is 5.32 Å². The lowest BCUT2D eigenvalue weighted by Crippen LogP contribution is -2.35. The minimum atomic E-state index is -0.645. The molecule has 1 aromatic rings. The van der Waals surface area contributed by atoms with Crippen molar-refractivity contribution in [2.24, 2.45) is 7.05 Å². The van der Waals surface area contributed by atoms with Crippen molar-refractivity contribution in [1.82, 2.24) is 14.9 Å². The minimum Gasteiger partial charge on any atom is -0.352 e. The van der Waals surface area contributed by atoms with Gasteiger partial charge in [-0.05, 0) is 12.8 Å². The van der Waals surface area contributed by atoms with Crippen LogP contribution in [0.3, 0.4) is 0 Å². The Morgan fingerprint density at radius 1 is 1.62 bits per heavy atom. The summed E-state index contributed by atoms with van der Waals surface area (Å²) in [6, 6.07) is 0.307. The van der Waals surface area contributed by atoms with E-state index < -0.39 is 5.38 Å². The first-order valence-corrected chi connectivity index (χ1v) is 6.03. The fourth-order valence-corrected chi connectivity index (χ4v) is 2.36. The molecule has 1 aliphatic carbocycles. The van der Waals surface area contributed by atoms with Gasteiger partial charge in [-0.2, -0.15) is 0 Å². The van der Waals surface area contributed by atoms with Crippen LogP contribution in [0.15, 0.2) is 12.5 Å². The number of carbonyl (C=O) groups excluding carboxylic acids is 1. The maximum atomic E-state index is 11.9. The number of aryl methyl sites for hydroxylation is 1. The smallest absolute Gasteiger partial charge is 0.244 e. The van der Waals surface area contributed by atoms with Gasteiger partial charge in [0.2, 0.25) is 5.91 Å². The first-order chi connectivity index (χ1) is 7.68. The van der Waals surface area contributed by atoms with Crippen molar-refractivity contribution in [2.75, 3.05) is 0 Å². The molecule has 2 rings (SSSR count). The molecule has 1 unspecified atom stereocenters. The first kappa shape index (κ1) is 11.5. The van der Waals surface area contributed by atoms with Gasteiger partial charge in [0.05, 0.1) is 18.2 Å². The van der Waals surface area contributed by atoms with E-state index in [4.69, 9.17) is 11.6 Å². The van der Waals surface area contributed by atoms with Crippen molar-refractivity contribution in [3.8, 4) is 0 Å². The molecule has 1 amide bonds. The van der Waals surface area contributed by atoms with Crippen LogP contribution >= 0.6 is 11.6 Å². The molecule has 1 heterocycles. The second-order valence-corrected chi connectivity index (χ2v) is 4.72. The summed E-state index contributed by atoms with van der Waals surface area (Å²) in [5.41, 5.74) is 0.733. The summed E-state index contributed by atoms with van der Waals surface area (Å²) in [5.74, 6) is -0.114. The highest BCUT2D eigenvalue weighted by Crippen LogP contribution is 2.22. The number of nitrogens with one attached hydrogen (secondary N) is 1. The van der Waals surface area contributed by atoms with Gasteiger partial charge < -0.3 is 9.88 Å². The summed E-state index contributed by atoms with van der Waals surface area (Å²) in [5, 5.41) is 2.34. The molecule has 0 saturated heterocycles. The largest absolute Gasteiger partial charge is 0.352 e. The Morgan fingerprint density at radius 2 is 2.31 bits per heavy atom. The van der Waals surface area contributed by atoms with Gasteiger partial charge in [-0.3, -0.25) is 4.79 Å². The standard InChI is InChI=1S/C11H16ClN3O/c1-15-7-13-6-9(15)10(12)11(16)14-8-4-2-3-5-8/h6-8,10H,2-5H2,1H3,(H,14,16). The molecule has 4 nitrogen and oxygen atoms in total. The average molecular weight is 242 g/mol. The Hall–Kier alpha value is -1.03. The number of imidazole rings is 1. The number of aromatic nitrogens is 2. The van der Waals surface area contributed by atoms with E-state index in [1.807, 2.05) is 7.05 Å². The minimum absolute atomic E-state index is 0.114. The summed E-state index contributed by atoms with van der Waals surface area (Å²) in [6.07, 6.45) is 7.81. The third-order valence-electron chi connectivity index (χ3n) is 3.05. The topological polar surface area (TPSA) is 46.9 Å². The molecule has 1 atom stereocenters. The highest BCUT2D eigenvalue weighted by Gasteiger charge is 2.24. The summed E-state index contributed by atoms with van der Waals surface area (Å²) < 4.78 is 1.77. The van der Waals surface area contributed by atoms with E-state index in [9.17, 15) is 4.79 Å². The molecule has 1 saturated carbocycles. The molecule has 16 heavy (non-hydrogen) atoms. The van der Waals surface area contributed by atoms with Crippen molar-refractivity contribution in [2.45, 2.75) is 37.1 Å². The van der Waals surface area contributed by atoms with Crippen LogP contribution in [0.4, 0.5) is 0 Å². The molecule has 0 aliphatic heterocycles. The van der Waals surface area contributed by atoms with Crippen LogP contribution in [0.1, 0.15) is 36.8 Å². The Morgan fingerprint density at radius 3 is 2.88 bits per heavy atom. The van der Waals surface area contributed by atoms with Crippen LogP contribution in [0, 0.1) is 0 Å². The molecule has 0 bridgehead atoms. The highest BCUT2D eigenvalue weighted by atomic mass is 35.5. The number of halogens is 1. The zero-order valence-electron chi connectivity index (χ0n) is 9.32. The summed E-state index contributed by atoms with van der Waals surface area (Å²) in [4.78, 5) is 15.8. The van der Waals surface area contributed by atoms with E-state index in [2.05, 4.69) is 10.3 Å².